The van der Waals surface area contributed by atoms with E-state index in [1.54, 1.807) is 0 Å². The van der Waals surface area contributed by atoms with Gasteiger partial charge in [-0.15, -0.1) is 0 Å². The number of nitrogens with zero attached hydrogens (tertiary/aromatic N) is 1. The van der Waals surface area contributed by atoms with Crippen molar-refractivity contribution in [3.05, 3.63) is 0 Å². The average Bonchev–Trinajstić information content (AvgIpc) is 2.34. The molecule has 1 amide bonds. The highest BCUT2D eigenvalue weighted by atomic mass is 16.5. The van der Waals surface area contributed by atoms with Gasteiger partial charge in [-0.3, -0.25) is 4.79 Å². The SMILES string of the molecule is CC1COC(=O)/C1=N\NCC(N)=O. The topological polar surface area (TPSA) is 93.8 Å². The minimum atomic E-state index is -0.525. The lowest BCUT2D eigenvalue weighted by molar-refractivity contribution is -0.133. The Morgan fingerprint density at radius 3 is 3.00 bits per heavy atom. The summed E-state index contributed by atoms with van der Waals surface area (Å²) in [7, 11) is 0. The Hall–Kier alpha value is -1.59. The second-order valence-electron chi connectivity index (χ2n) is 2.80. The van der Waals surface area contributed by atoms with Crippen LogP contribution in [0.15, 0.2) is 5.10 Å². The molecule has 0 aromatic rings. The smallest absolute Gasteiger partial charge is 0.354 e. The predicted octanol–water partition coefficient (Wildman–Crippen LogP) is -1.39. The van der Waals surface area contributed by atoms with Crippen molar-refractivity contribution in [2.24, 2.45) is 16.8 Å². The largest absolute Gasteiger partial charge is 0.460 e. The lowest BCUT2D eigenvalue weighted by Crippen LogP contribution is -2.27. The van der Waals surface area contributed by atoms with E-state index in [1.807, 2.05) is 6.92 Å². The maximum Gasteiger partial charge on any atom is 0.354 e. The predicted molar refractivity (Wildman–Crippen MR) is 44.8 cm³/mol. The number of hydrogen-bond acceptors (Lipinski definition) is 5. The fourth-order valence-electron chi connectivity index (χ4n) is 0.913. The number of nitrogens with one attached hydrogen (secondary N) is 1. The van der Waals surface area contributed by atoms with E-state index in [1.165, 1.54) is 0 Å². The number of rotatable bonds is 3. The molecule has 1 heterocycles. The van der Waals surface area contributed by atoms with Crippen LogP contribution < -0.4 is 11.2 Å². The van der Waals surface area contributed by atoms with Crippen LogP contribution in [-0.4, -0.2) is 30.7 Å². The van der Waals surface area contributed by atoms with Gasteiger partial charge in [-0.05, 0) is 0 Å². The Labute approximate surface area is 75.1 Å². The summed E-state index contributed by atoms with van der Waals surface area (Å²) in [6.07, 6.45) is 0. The van der Waals surface area contributed by atoms with Crippen LogP contribution in [0.1, 0.15) is 6.92 Å². The number of primary amides is 1. The number of carbonyl (C=O) groups is 2. The van der Waals surface area contributed by atoms with Gasteiger partial charge in [0.05, 0.1) is 0 Å². The third-order valence-corrected chi connectivity index (χ3v) is 1.59. The molecule has 3 N–H and O–H groups in total. The summed E-state index contributed by atoms with van der Waals surface area (Å²) in [5.74, 6) is -0.999. The summed E-state index contributed by atoms with van der Waals surface area (Å²) >= 11 is 0. The van der Waals surface area contributed by atoms with Crippen LogP contribution in [0.5, 0.6) is 0 Å². The molecule has 1 aliphatic rings. The Morgan fingerprint density at radius 2 is 2.54 bits per heavy atom. The van der Waals surface area contributed by atoms with Crippen molar-refractivity contribution in [3.63, 3.8) is 0 Å². The van der Waals surface area contributed by atoms with Crippen LogP contribution in [0.3, 0.4) is 0 Å². The fourth-order valence-corrected chi connectivity index (χ4v) is 0.913. The molecule has 1 fully saturated rings. The highest BCUT2D eigenvalue weighted by Crippen LogP contribution is 2.09. The number of hydrazone groups is 1. The van der Waals surface area contributed by atoms with Gasteiger partial charge in [0, 0.05) is 5.92 Å². The van der Waals surface area contributed by atoms with Gasteiger partial charge in [0.1, 0.15) is 13.2 Å². The first kappa shape index (κ1) is 9.50. The number of esters is 1. The number of nitrogens with two attached hydrogens (primary N) is 1. The van der Waals surface area contributed by atoms with Crippen molar-refractivity contribution in [1.29, 1.82) is 0 Å². The second-order valence-corrected chi connectivity index (χ2v) is 2.80. The monoisotopic (exact) mass is 185 g/mol. The third kappa shape index (κ3) is 2.43. The molecule has 0 aromatic heterocycles. The maximum atomic E-state index is 11.0. The quantitative estimate of drug-likeness (QED) is 0.418. The first-order valence-corrected chi connectivity index (χ1v) is 3.87. The minimum Gasteiger partial charge on any atom is -0.460 e. The first-order valence-electron chi connectivity index (χ1n) is 3.87. The van der Waals surface area contributed by atoms with Gasteiger partial charge in [0.25, 0.3) is 0 Å². The molecule has 1 saturated heterocycles. The van der Waals surface area contributed by atoms with Crippen LogP contribution in [-0.2, 0) is 14.3 Å². The summed E-state index contributed by atoms with van der Waals surface area (Å²) in [5, 5.41) is 3.72. The summed E-state index contributed by atoms with van der Waals surface area (Å²) < 4.78 is 4.71. The van der Waals surface area contributed by atoms with Gasteiger partial charge in [-0.2, -0.15) is 5.10 Å². The molecule has 6 heteroatoms. The lowest BCUT2D eigenvalue weighted by atomic mass is 10.1. The van der Waals surface area contributed by atoms with E-state index in [4.69, 9.17) is 10.5 Å². The van der Waals surface area contributed by atoms with Crippen LogP contribution >= 0.6 is 0 Å². The van der Waals surface area contributed by atoms with Crippen LogP contribution in [0.25, 0.3) is 0 Å². The molecule has 0 radical (unpaired) electrons. The van der Waals surface area contributed by atoms with Gasteiger partial charge in [-0.1, -0.05) is 6.92 Å². The van der Waals surface area contributed by atoms with E-state index in [-0.39, 0.29) is 12.5 Å². The molecular weight excluding hydrogens is 174 g/mol. The van der Waals surface area contributed by atoms with Crippen molar-refractivity contribution in [3.8, 4) is 0 Å². The normalized spacial score (nSPS) is 24.5. The molecule has 13 heavy (non-hydrogen) atoms. The van der Waals surface area contributed by atoms with E-state index in [9.17, 15) is 9.59 Å². The standard InChI is InChI=1S/C7H11N3O3/c1-4-3-13-7(12)6(4)10-9-2-5(8)11/h4,9H,2-3H2,1H3,(H2,8,11)/b10-6-. The summed E-state index contributed by atoms with van der Waals surface area (Å²) in [5.41, 5.74) is 7.57. The van der Waals surface area contributed by atoms with E-state index >= 15 is 0 Å². The average molecular weight is 185 g/mol. The Kier molecular flexibility index (Phi) is 2.84. The molecule has 72 valence electrons. The molecular formula is C7H11N3O3. The zero-order valence-corrected chi connectivity index (χ0v) is 7.24. The fraction of sp³-hybridized carbons (Fsp3) is 0.571. The van der Waals surface area contributed by atoms with Crippen molar-refractivity contribution < 1.29 is 14.3 Å². The molecule has 0 aromatic carbocycles. The third-order valence-electron chi connectivity index (χ3n) is 1.59. The number of amides is 1. The zero-order valence-electron chi connectivity index (χ0n) is 7.24. The number of cyclic esters (lactones) is 1. The molecule has 1 aliphatic heterocycles. The van der Waals surface area contributed by atoms with E-state index in [0.717, 1.165) is 0 Å². The second kappa shape index (κ2) is 3.88. The van der Waals surface area contributed by atoms with Crippen molar-refractivity contribution in [1.82, 2.24) is 5.43 Å². The highest BCUT2D eigenvalue weighted by molar-refractivity contribution is 6.38. The van der Waals surface area contributed by atoms with Gasteiger partial charge >= 0.3 is 5.97 Å². The Bertz CT molecular complexity index is 262. The number of hydrogen-bond donors (Lipinski definition) is 2. The van der Waals surface area contributed by atoms with E-state index in [0.29, 0.717) is 12.3 Å². The number of ether oxygens (including phenoxy) is 1. The van der Waals surface area contributed by atoms with Crippen LogP contribution in [0, 0.1) is 5.92 Å². The van der Waals surface area contributed by atoms with Gasteiger partial charge in [-0.25, -0.2) is 4.79 Å². The lowest BCUT2D eigenvalue weighted by Gasteiger charge is -1.98. The molecule has 6 nitrogen and oxygen atoms in total. The molecule has 0 saturated carbocycles. The molecule has 0 bridgehead atoms. The van der Waals surface area contributed by atoms with E-state index < -0.39 is 11.9 Å². The number of carbonyl (C=O) groups excluding carboxylic acids is 2. The molecule has 0 spiro atoms. The maximum absolute atomic E-state index is 11.0. The highest BCUT2D eigenvalue weighted by Gasteiger charge is 2.28. The minimum absolute atomic E-state index is 0.0344. The molecule has 1 unspecified atom stereocenters. The van der Waals surface area contributed by atoms with Gasteiger partial charge in [0.2, 0.25) is 5.91 Å². The summed E-state index contributed by atoms with van der Waals surface area (Å²) in [6, 6.07) is 0. The van der Waals surface area contributed by atoms with Crippen LogP contribution in [0.2, 0.25) is 0 Å². The molecule has 0 aliphatic carbocycles. The Balaban J connectivity index is 2.49. The van der Waals surface area contributed by atoms with Crippen molar-refractivity contribution >= 4 is 17.6 Å². The summed E-state index contributed by atoms with van der Waals surface area (Å²) in [6.45, 7) is 2.08. The zero-order chi connectivity index (χ0) is 9.84. The van der Waals surface area contributed by atoms with Crippen LogP contribution in [0.4, 0.5) is 0 Å². The Morgan fingerprint density at radius 1 is 1.85 bits per heavy atom. The molecule has 1 atom stereocenters. The van der Waals surface area contributed by atoms with Crippen molar-refractivity contribution in [2.75, 3.05) is 13.2 Å². The van der Waals surface area contributed by atoms with Gasteiger partial charge in [0.15, 0.2) is 5.71 Å². The summed E-state index contributed by atoms with van der Waals surface area (Å²) in [4.78, 5) is 21.3. The first-order chi connectivity index (χ1) is 6.11. The van der Waals surface area contributed by atoms with Crippen molar-refractivity contribution in [2.45, 2.75) is 6.92 Å². The van der Waals surface area contributed by atoms with Gasteiger partial charge < -0.3 is 15.9 Å². The molecule has 1 rings (SSSR count). The van der Waals surface area contributed by atoms with E-state index in [2.05, 4.69) is 10.5 Å².